The van der Waals surface area contributed by atoms with Gasteiger partial charge in [0.1, 0.15) is 11.1 Å². The predicted octanol–water partition coefficient (Wildman–Crippen LogP) is 3.36. The molecule has 3 fully saturated rings. The van der Waals surface area contributed by atoms with Crippen LogP contribution in [-0.4, -0.2) is 77.9 Å². The summed E-state index contributed by atoms with van der Waals surface area (Å²) in [6.07, 6.45) is 1.52. The second kappa shape index (κ2) is 8.16. The Balaban J connectivity index is 2.21. The summed E-state index contributed by atoms with van der Waals surface area (Å²) in [5.41, 5.74) is -3.07. The van der Waals surface area contributed by atoms with Crippen molar-refractivity contribution in [3.63, 3.8) is 0 Å². The maximum atomic E-state index is 13.4. The molecule has 0 radical (unpaired) electrons. The van der Waals surface area contributed by atoms with Crippen LogP contribution in [0.1, 0.15) is 60.8 Å². The molecule has 11 heteroatoms. The van der Waals surface area contributed by atoms with E-state index >= 15 is 0 Å². The van der Waals surface area contributed by atoms with Crippen molar-refractivity contribution >= 4 is 39.3 Å². The summed E-state index contributed by atoms with van der Waals surface area (Å²) in [6.45, 7) is 19.7. The second-order valence-corrected chi connectivity index (χ2v) is 27.4. The quantitative estimate of drug-likeness (QED) is 0.421. The van der Waals surface area contributed by atoms with Crippen LogP contribution in [0.3, 0.4) is 0 Å². The van der Waals surface area contributed by atoms with Crippen LogP contribution in [0.25, 0.3) is 0 Å². The highest BCUT2D eigenvalue weighted by Crippen LogP contribution is 2.48. The first kappa shape index (κ1) is 26.9. The third-order valence-electron chi connectivity index (χ3n) is 8.52. The molecule has 34 heavy (non-hydrogen) atoms. The van der Waals surface area contributed by atoms with Crippen molar-refractivity contribution in [2.45, 2.75) is 122 Å². The number of rotatable bonds is 6. The van der Waals surface area contributed by atoms with Crippen LogP contribution in [0.15, 0.2) is 0 Å². The van der Waals surface area contributed by atoms with Crippen LogP contribution >= 0.6 is 0 Å². The largest absolute Gasteiger partial charge is 0.410 e. The molecule has 3 aliphatic rings. The van der Waals surface area contributed by atoms with Crippen LogP contribution in [0.2, 0.25) is 32.2 Å². The van der Waals surface area contributed by atoms with E-state index in [1.54, 1.807) is 27.7 Å². The SMILES string of the molecule is CCC(N1C(=O)NC(C)(C)C1=O)C1(C(CC)N2C(=O)NC(C)(C)C2=O)CC[Si](C)(C)[Si](C)(C)O1. The molecule has 192 valence electrons. The van der Waals surface area contributed by atoms with Gasteiger partial charge in [-0.15, -0.1) is 0 Å². The number of amides is 6. The van der Waals surface area contributed by atoms with Gasteiger partial charge in [0.15, 0.2) is 7.83 Å². The fourth-order valence-electron chi connectivity index (χ4n) is 5.77. The van der Waals surface area contributed by atoms with Gasteiger partial charge in [0.2, 0.25) is 0 Å². The molecule has 2 atom stereocenters. The number of imide groups is 2. The van der Waals surface area contributed by atoms with Gasteiger partial charge in [-0.2, -0.15) is 0 Å². The predicted molar refractivity (Wildman–Crippen MR) is 135 cm³/mol. The highest BCUT2D eigenvalue weighted by molar-refractivity contribution is 7.38. The lowest BCUT2D eigenvalue weighted by Crippen LogP contribution is -2.75. The molecule has 3 saturated heterocycles. The number of nitrogens with zero attached hydrogens (tertiary/aromatic N) is 2. The second-order valence-electron chi connectivity index (χ2n) is 12.3. The Bertz CT molecular complexity index is 863. The van der Waals surface area contributed by atoms with Crippen molar-refractivity contribution in [3.8, 4) is 0 Å². The van der Waals surface area contributed by atoms with E-state index in [1.165, 1.54) is 9.80 Å². The molecule has 2 unspecified atom stereocenters. The summed E-state index contributed by atoms with van der Waals surface area (Å²) in [5.74, 6) is -0.609. The highest BCUT2D eigenvalue weighted by Gasteiger charge is 2.65. The lowest BCUT2D eigenvalue weighted by Gasteiger charge is -2.59. The molecule has 6 amide bonds. The van der Waals surface area contributed by atoms with Crippen molar-refractivity contribution in [3.05, 3.63) is 0 Å². The molecular formula is C23H42N4O5Si2. The smallest absolute Gasteiger partial charge is 0.325 e. The number of nitrogens with one attached hydrogen (secondary N) is 2. The van der Waals surface area contributed by atoms with Gasteiger partial charge in [0.25, 0.3) is 11.8 Å². The van der Waals surface area contributed by atoms with Crippen molar-refractivity contribution in [2.24, 2.45) is 0 Å². The monoisotopic (exact) mass is 510 g/mol. The molecule has 0 bridgehead atoms. The Morgan fingerprint density at radius 3 is 1.47 bits per heavy atom. The summed E-state index contributed by atoms with van der Waals surface area (Å²) in [7, 11) is -3.99. The minimum atomic E-state index is -2.27. The molecular weight excluding hydrogens is 468 g/mol. The minimum absolute atomic E-state index is 0.304. The number of hydrogen-bond acceptors (Lipinski definition) is 5. The van der Waals surface area contributed by atoms with E-state index in [0.717, 1.165) is 6.04 Å². The molecule has 0 aromatic rings. The maximum absolute atomic E-state index is 13.4. The molecule has 0 aromatic heterocycles. The van der Waals surface area contributed by atoms with E-state index in [1.807, 2.05) is 13.8 Å². The molecule has 2 N–H and O–H groups in total. The summed E-state index contributed by atoms with van der Waals surface area (Å²) in [6, 6.07) is -1.15. The highest BCUT2D eigenvalue weighted by atomic mass is 29.3. The number of hydrogen-bond donors (Lipinski definition) is 2. The van der Waals surface area contributed by atoms with Gasteiger partial charge in [-0.25, -0.2) is 9.59 Å². The lowest BCUT2D eigenvalue weighted by molar-refractivity contribution is -0.145. The third kappa shape index (κ3) is 3.83. The zero-order chi connectivity index (χ0) is 26.1. The molecule has 9 nitrogen and oxygen atoms in total. The fraction of sp³-hybridized carbons (Fsp3) is 0.826. The summed E-state index contributed by atoms with van der Waals surface area (Å²) < 4.78 is 7.19. The van der Waals surface area contributed by atoms with Gasteiger partial charge >= 0.3 is 12.1 Å². The van der Waals surface area contributed by atoms with Crippen molar-refractivity contribution < 1.29 is 23.6 Å². The van der Waals surface area contributed by atoms with Crippen molar-refractivity contribution in [1.82, 2.24) is 20.4 Å². The Labute approximate surface area is 205 Å². The molecule has 3 rings (SSSR count). The third-order valence-corrected chi connectivity index (χ3v) is 25.0. The lowest BCUT2D eigenvalue weighted by atomic mass is 9.79. The van der Waals surface area contributed by atoms with E-state index in [9.17, 15) is 19.2 Å². The summed E-state index contributed by atoms with van der Waals surface area (Å²) >= 11 is 0. The van der Waals surface area contributed by atoms with Crippen LogP contribution in [-0.2, 0) is 14.0 Å². The first-order chi connectivity index (χ1) is 15.4. The molecule has 0 aliphatic carbocycles. The van der Waals surface area contributed by atoms with Crippen molar-refractivity contribution in [2.75, 3.05) is 0 Å². The first-order valence-corrected chi connectivity index (χ1v) is 19.5. The summed E-state index contributed by atoms with van der Waals surface area (Å²) in [5, 5.41) is 5.60. The van der Waals surface area contributed by atoms with Gasteiger partial charge < -0.3 is 15.1 Å². The van der Waals surface area contributed by atoms with Crippen LogP contribution in [0.4, 0.5) is 9.59 Å². The standard InChI is InChI=1S/C23H42N4O5Si2/c1-11-15(26-17(28)21(3,4)24-19(26)30)23(13-14-33(7,8)34(9,10)32-23)16(12-2)27-18(29)22(5,6)25-20(27)31/h15-16H,11-14H2,1-10H3,(H,24,30)(H,25,31). The first-order valence-electron chi connectivity index (χ1n) is 12.4. The Hall–Kier alpha value is -1.73. The Kier molecular flexibility index (Phi) is 6.45. The van der Waals surface area contributed by atoms with Gasteiger partial charge in [-0.1, -0.05) is 33.0 Å². The van der Waals surface area contributed by atoms with Gasteiger partial charge in [0.05, 0.1) is 25.3 Å². The molecule has 0 spiro atoms. The normalized spacial score (nSPS) is 31.4. The van der Waals surface area contributed by atoms with E-state index in [4.69, 9.17) is 4.43 Å². The van der Waals surface area contributed by atoms with Crippen LogP contribution < -0.4 is 10.6 Å². The average Bonchev–Trinajstić information content (AvgIpc) is 3.02. The fourth-order valence-corrected chi connectivity index (χ4v) is 12.6. The molecule has 3 heterocycles. The Morgan fingerprint density at radius 2 is 1.21 bits per heavy atom. The number of urea groups is 2. The Morgan fingerprint density at radius 1 is 0.824 bits per heavy atom. The zero-order valence-corrected chi connectivity index (χ0v) is 24.4. The topological polar surface area (TPSA) is 108 Å². The van der Waals surface area contributed by atoms with Gasteiger partial charge in [-0.3, -0.25) is 19.4 Å². The summed E-state index contributed by atoms with van der Waals surface area (Å²) in [4.78, 5) is 55.8. The molecule has 0 saturated carbocycles. The van der Waals surface area contributed by atoms with Crippen molar-refractivity contribution in [1.29, 1.82) is 0 Å². The van der Waals surface area contributed by atoms with Gasteiger partial charge in [0, 0.05) is 0 Å². The maximum Gasteiger partial charge on any atom is 0.325 e. The van der Waals surface area contributed by atoms with E-state index in [2.05, 4.69) is 36.8 Å². The number of carbonyl (C=O) groups is 4. The average molecular weight is 511 g/mol. The van der Waals surface area contributed by atoms with E-state index < -0.39 is 56.3 Å². The number of carbonyl (C=O) groups excluding carboxylic acids is 4. The zero-order valence-electron chi connectivity index (χ0n) is 22.4. The molecule has 0 aromatic carbocycles. The van der Waals surface area contributed by atoms with Crippen LogP contribution in [0, 0.1) is 0 Å². The van der Waals surface area contributed by atoms with E-state index in [-0.39, 0.29) is 11.8 Å². The minimum Gasteiger partial charge on any atom is -0.410 e. The van der Waals surface area contributed by atoms with E-state index in [0.29, 0.717) is 19.3 Å². The molecule has 3 aliphatic heterocycles. The van der Waals surface area contributed by atoms with Gasteiger partial charge in [-0.05, 0) is 60.1 Å². The van der Waals surface area contributed by atoms with Crippen LogP contribution in [0.5, 0.6) is 0 Å².